The van der Waals surface area contributed by atoms with Gasteiger partial charge in [0.25, 0.3) is 5.91 Å². The molecule has 0 radical (unpaired) electrons. The van der Waals surface area contributed by atoms with E-state index < -0.39 is 34.5 Å². The van der Waals surface area contributed by atoms with Crippen LogP contribution in [0, 0.1) is 17.2 Å². The molecule has 3 saturated heterocycles. The maximum atomic E-state index is 14.0. The van der Waals surface area contributed by atoms with Crippen molar-refractivity contribution in [3.05, 3.63) is 71.5 Å². The predicted octanol–water partition coefficient (Wildman–Crippen LogP) is 6.64. The first kappa shape index (κ1) is 42.8. The number of carbonyl (C=O) groups is 4. The molecule has 13 nitrogen and oxygen atoms in total. The number of nitrogens with zero attached hydrogens (tertiary/aromatic N) is 5. The average molecular weight is 847 g/mol. The number of imide groups is 1. The van der Waals surface area contributed by atoms with E-state index in [0.717, 1.165) is 55.8 Å². The Morgan fingerprint density at radius 1 is 1.08 bits per heavy atom. The molecule has 60 heavy (non-hydrogen) atoms. The van der Waals surface area contributed by atoms with Crippen LogP contribution in [0.2, 0.25) is 0 Å². The van der Waals surface area contributed by atoms with Crippen molar-refractivity contribution in [1.29, 1.82) is 5.26 Å². The van der Waals surface area contributed by atoms with Crippen LogP contribution in [0.4, 0.5) is 35.9 Å². The summed E-state index contributed by atoms with van der Waals surface area (Å²) in [5, 5.41) is 17.7. The van der Waals surface area contributed by atoms with Gasteiger partial charge in [-0.3, -0.25) is 34.3 Å². The minimum absolute atomic E-state index is 0.0723. The molecule has 17 heteroatoms. The number of piperidine rings is 2. The number of benzene rings is 2. The van der Waals surface area contributed by atoms with Gasteiger partial charge in [-0.05, 0) is 126 Å². The quantitative estimate of drug-likeness (QED) is 0.115. The Labute approximate surface area is 352 Å². The number of hydrogen-bond acceptors (Lipinski definition) is 11. The number of anilines is 4. The molecule has 3 atom stereocenters. The minimum atomic E-state index is -4.83. The normalized spacial score (nSPS) is 22.6. The average Bonchev–Trinajstić information content (AvgIpc) is 3.42. The van der Waals surface area contributed by atoms with Crippen LogP contribution in [0.25, 0.3) is 0 Å². The first-order chi connectivity index (χ1) is 28.5. The zero-order chi connectivity index (χ0) is 43.0. The number of amides is 4. The molecule has 4 fully saturated rings. The fourth-order valence-corrected chi connectivity index (χ4v) is 9.53. The molecule has 7 rings (SSSR count). The highest BCUT2D eigenvalue weighted by Gasteiger charge is 2.60. The lowest BCUT2D eigenvalue weighted by molar-refractivity contribution is -0.138. The number of alkyl halides is 3. The highest BCUT2D eigenvalue weighted by atomic mass is 32.1. The number of aromatic nitrogens is 1. The predicted molar refractivity (Wildman–Crippen MR) is 222 cm³/mol. The van der Waals surface area contributed by atoms with Crippen molar-refractivity contribution in [2.24, 2.45) is 5.92 Å². The molecular weight excluding hydrogens is 798 g/mol. The van der Waals surface area contributed by atoms with Gasteiger partial charge in [-0.2, -0.15) is 18.4 Å². The Bertz CT molecular complexity index is 2210. The molecule has 3 aliphatic heterocycles. The zero-order valence-corrected chi connectivity index (χ0v) is 34.7. The number of likely N-dealkylation sites (tertiary alicyclic amines) is 1. The van der Waals surface area contributed by atoms with Crippen LogP contribution in [0.1, 0.15) is 89.0 Å². The van der Waals surface area contributed by atoms with E-state index in [2.05, 4.69) is 39.7 Å². The van der Waals surface area contributed by atoms with Gasteiger partial charge < -0.3 is 20.3 Å². The van der Waals surface area contributed by atoms with Gasteiger partial charge in [-0.25, -0.2) is 4.98 Å². The number of halogens is 3. The second-order valence-corrected chi connectivity index (χ2v) is 17.1. The van der Waals surface area contributed by atoms with Crippen LogP contribution in [-0.4, -0.2) is 75.8 Å². The summed E-state index contributed by atoms with van der Waals surface area (Å²) in [7, 11) is 0. The SMILES string of the molecule is CCc1cc(N2[C@H](S)N(c3cnc(C#N)c(C(F)(F)F)c3)C(=O)C23CCC3)ccc1OCC[C@H]1CCN(CC(=O)Nc2cccc(NC3CCC(=O)NC3=O)c2)C(C)(C)C1. The van der Waals surface area contributed by atoms with Crippen LogP contribution < -0.4 is 30.5 Å². The van der Waals surface area contributed by atoms with Gasteiger partial charge in [0.1, 0.15) is 23.4 Å². The van der Waals surface area contributed by atoms with Crippen LogP contribution in [0.5, 0.6) is 5.75 Å². The van der Waals surface area contributed by atoms with Crippen LogP contribution in [-0.2, 0) is 31.8 Å². The van der Waals surface area contributed by atoms with Gasteiger partial charge in [0, 0.05) is 29.0 Å². The summed E-state index contributed by atoms with van der Waals surface area (Å²) in [4.78, 5) is 60.0. The Kier molecular flexibility index (Phi) is 12.1. The topological polar surface area (TPSA) is 160 Å². The summed E-state index contributed by atoms with van der Waals surface area (Å²) in [5.41, 5.74) is -1.24. The number of aryl methyl sites for hydroxylation is 1. The van der Waals surface area contributed by atoms with E-state index in [1.165, 1.54) is 11.0 Å². The van der Waals surface area contributed by atoms with Crippen LogP contribution in [0.15, 0.2) is 54.7 Å². The second kappa shape index (κ2) is 17.0. The fourth-order valence-electron chi connectivity index (χ4n) is 8.94. The highest BCUT2D eigenvalue weighted by molar-refractivity contribution is 7.81. The van der Waals surface area contributed by atoms with Gasteiger partial charge in [-0.1, -0.05) is 13.0 Å². The molecule has 0 bridgehead atoms. The highest BCUT2D eigenvalue weighted by Crippen LogP contribution is 2.51. The van der Waals surface area contributed by atoms with Gasteiger partial charge in [0.15, 0.2) is 11.2 Å². The molecule has 4 heterocycles. The Morgan fingerprint density at radius 3 is 2.52 bits per heavy atom. The van der Waals surface area contributed by atoms with Crippen molar-refractivity contribution >= 4 is 59.0 Å². The molecule has 4 aliphatic rings. The first-order valence-corrected chi connectivity index (χ1v) is 20.8. The summed E-state index contributed by atoms with van der Waals surface area (Å²) >= 11 is 4.79. The number of nitriles is 1. The molecule has 1 spiro atoms. The maximum Gasteiger partial charge on any atom is 0.419 e. The van der Waals surface area contributed by atoms with Crippen molar-refractivity contribution in [2.75, 3.05) is 40.1 Å². The zero-order valence-electron chi connectivity index (χ0n) is 33.8. The molecular formula is C43H49F3N8O5S. The summed E-state index contributed by atoms with van der Waals surface area (Å²) in [6.07, 6.45) is 2.01. The number of rotatable bonds is 12. The molecule has 3 N–H and O–H groups in total. The third-order valence-electron chi connectivity index (χ3n) is 12.3. The monoisotopic (exact) mass is 846 g/mol. The Balaban J connectivity index is 0.940. The molecule has 1 aliphatic carbocycles. The van der Waals surface area contributed by atoms with Crippen molar-refractivity contribution in [3.8, 4) is 11.8 Å². The van der Waals surface area contributed by atoms with E-state index >= 15 is 0 Å². The van der Waals surface area contributed by atoms with E-state index in [9.17, 15) is 37.6 Å². The molecule has 1 saturated carbocycles. The number of thiol groups is 1. The lowest BCUT2D eigenvalue weighted by Gasteiger charge is -2.45. The largest absolute Gasteiger partial charge is 0.493 e. The van der Waals surface area contributed by atoms with E-state index in [0.29, 0.717) is 55.3 Å². The summed E-state index contributed by atoms with van der Waals surface area (Å²) in [5.74, 6) is -0.0450. The van der Waals surface area contributed by atoms with Crippen LogP contribution >= 0.6 is 12.6 Å². The maximum absolute atomic E-state index is 14.0. The molecule has 318 valence electrons. The number of nitrogens with one attached hydrogen (secondary N) is 3. The van der Waals surface area contributed by atoms with E-state index in [4.69, 9.17) is 17.4 Å². The van der Waals surface area contributed by atoms with E-state index in [1.807, 2.05) is 36.1 Å². The van der Waals surface area contributed by atoms with Crippen molar-refractivity contribution in [1.82, 2.24) is 15.2 Å². The molecule has 2 aromatic carbocycles. The number of hydrogen-bond donors (Lipinski definition) is 4. The van der Waals surface area contributed by atoms with Crippen molar-refractivity contribution in [3.63, 3.8) is 0 Å². The van der Waals surface area contributed by atoms with Gasteiger partial charge in [-0.15, -0.1) is 12.6 Å². The van der Waals surface area contributed by atoms with E-state index in [1.54, 1.807) is 18.2 Å². The third kappa shape index (κ3) is 8.62. The smallest absolute Gasteiger partial charge is 0.419 e. The lowest BCUT2D eigenvalue weighted by atomic mass is 9.75. The van der Waals surface area contributed by atoms with Gasteiger partial charge in [0.05, 0.1) is 30.6 Å². The molecule has 4 amide bonds. The number of pyridine rings is 1. The summed E-state index contributed by atoms with van der Waals surface area (Å²) in [6.45, 7) is 7.75. The van der Waals surface area contributed by atoms with Gasteiger partial charge >= 0.3 is 6.18 Å². The van der Waals surface area contributed by atoms with Crippen LogP contribution in [0.3, 0.4) is 0 Å². The van der Waals surface area contributed by atoms with Crippen molar-refractivity contribution in [2.45, 2.75) is 107 Å². The lowest BCUT2D eigenvalue weighted by Crippen LogP contribution is -2.55. The second-order valence-electron chi connectivity index (χ2n) is 16.6. The first-order valence-electron chi connectivity index (χ1n) is 20.3. The van der Waals surface area contributed by atoms with Gasteiger partial charge in [0.2, 0.25) is 17.7 Å². The number of carbonyl (C=O) groups excluding carboxylic acids is 4. The number of ether oxygens (including phenoxy) is 1. The summed E-state index contributed by atoms with van der Waals surface area (Å²) in [6, 6.07) is 14.6. The summed E-state index contributed by atoms with van der Waals surface area (Å²) < 4.78 is 47.9. The Hall–Kier alpha value is -5.34. The standard InChI is InChI=1S/C43H49F3N8O5S/c1-4-27-19-30(54-40(60)53(39(58)42(54)15-6-16-42)31-21-32(43(44,45)46)34(23-47)48-24-31)9-11-35(27)59-18-14-26-13-17-52(41(2,3)22-26)25-37(56)50-29-8-5-7-28(20-29)49-33-10-12-36(55)51-38(33)57/h5,7-9,11,19-21,24,26,33,40,49,60H,4,6,10,12-18,22,25H2,1-3H3,(H,50,56)(H,51,55,57)/t26-,33?,40-/m1/s1. The third-order valence-corrected chi connectivity index (χ3v) is 12.7. The van der Waals surface area contributed by atoms with E-state index in [-0.39, 0.29) is 47.8 Å². The van der Waals surface area contributed by atoms with Crippen molar-refractivity contribution < 1.29 is 37.1 Å². The molecule has 1 unspecified atom stereocenters. The Morgan fingerprint density at radius 2 is 1.85 bits per heavy atom. The molecule has 1 aromatic heterocycles. The minimum Gasteiger partial charge on any atom is -0.493 e. The fraction of sp³-hybridized carbons (Fsp3) is 0.488. The molecule has 3 aromatic rings.